The normalized spacial score (nSPS) is 25.1. The van der Waals surface area contributed by atoms with Crippen molar-refractivity contribution < 1.29 is 27.6 Å². The van der Waals surface area contributed by atoms with Crippen molar-refractivity contribution in [3.63, 3.8) is 0 Å². The topological polar surface area (TPSA) is 69.7 Å². The number of benzene rings is 3. The Labute approximate surface area is 254 Å². The van der Waals surface area contributed by atoms with Crippen LogP contribution in [-0.2, 0) is 32.6 Å². The fraction of sp³-hybridized carbons (Fsp3) is 0.300. The highest BCUT2D eigenvalue weighted by molar-refractivity contribution is 7.98. The number of hydrogen-bond acceptors (Lipinski definition) is 5. The van der Waals surface area contributed by atoms with Crippen LogP contribution in [0.2, 0.25) is 10.0 Å². The molecule has 6 nitrogen and oxygen atoms in total. The number of carbonyl (C=O) groups excluding carboxylic acids is 3. The largest absolute Gasteiger partial charge is 0.416 e. The number of alkyl halides is 3. The van der Waals surface area contributed by atoms with E-state index in [9.17, 15) is 27.6 Å². The monoisotopic (exact) mass is 633 g/mol. The van der Waals surface area contributed by atoms with Crippen LogP contribution in [0.3, 0.4) is 0 Å². The van der Waals surface area contributed by atoms with E-state index in [0.29, 0.717) is 39.0 Å². The lowest BCUT2D eigenvalue weighted by atomic mass is 9.76. The molecular weight excluding hydrogens is 610 g/mol. The van der Waals surface area contributed by atoms with E-state index in [1.165, 1.54) is 12.1 Å². The van der Waals surface area contributed by atoms with Gasteiger partial charge in [0.1, 0.15) is 5.54 Å². The van der Waals surface area contributed by atoms with Gasteiger partial charge in [0.15, 0.2) is 0 Å². The van der Waals surface area contributed by atoms with Gasteiger partial charge in [-0.1, -0.05) is 53.5 Å². The third-order valence-electron chi connectivity index (χ3n) is 8.26. The molecule has 0 bridgehead atoms. The molecule has 3 heterocycles. The van der Waals surface area contributed by atoms with E-state index in [2.05, 4.69) is 5.32 Å². The second kappa shape index (κ2) is 10.6. The summed E-state index contributed by atoms with van der Waals surface area (Å²) in [5.41, 5.74) is -0.896. The van der Waals surface area contributed by atoms with Crippen LogP contribution in [0.25, 0.3) is 0 Å². The summed E-state index contributed by atoms with van der Waals surface area (Å²) >= 11 is 13.9. The van der Waals surface area contributed by atoms with Crippen LogP contribution < -0.4 is 15.1 Å². The molecule has 12 heteroatoms. The van der Waals surface area contributed by atoms with E-state index >= 15 is 0 Å². The molecule has 2 fully saturated rings. The minimum Gasteiger partial charge on any atom is -0.306 e. The molecular formula is C30H24Cl2F3N3O3S. The van der Waals surface area contributed by atoms with Gasteiger partial charge >= 0.3 is 6.18 Å². The van der Waals surface area contributed by atoms with Crippen LogP contribution in [0.4, 0.5) is 24.5 Å². The van der Waals surface area contributed by atoms with Gasteiger partial charge in [-0.2, -0.15) is 24.9 Å². The molecule has 0 saturated carbocycles. The number of imide groups is 1. The van der Waals surface area contributed by atoms with Crippen molar-refractivity contribution in [3.05, 3.63) is 93.5 Å². The highest BCUT2D eigenvalue weighted by atomic mass is 35.5. The van der Waals surface area contributed by atoms with E-state index in [1.807, 2.05) is 6.26 Å². The van der Waals surface area contributed by atoms with Crippen LogP contribution in [0.15, 0.2) is 66.7 Å². The zero-order valence-electron chi connectivity index (χ0n) is 22.1. The van der Waals surface area contributed by atoms with Crippen molar-refractivity contribution in [2.45, 2.75) is 30.7 Å². The second-order valence-corrected chi connectivity index (χ2v) is 12.4. The summed E-state index contributed by atoms with van der Waals surface area (Å²) in [7, 11) is 0. The lowest BCUT2D eigenvalue weighted by Crippen LogP contribution is -2.55. The Morgan fingerprint density at radius 2 is 1.71 bits per heavy atom. The summed E-state index contributed by atoms with van der Waals surface area (Å²) in [6.45, 7) is 0.127. The number of anilines is 2. The summed E-state index contributed by atoms with van der Waals surface area (Å²) in [5, 5.41) is 4.11. The molecule has 3 aromatic carbocycles. The minimum atomic E-state index is -4.66. The Hall–Kier alpha value is -3.05. The third kappa shape index (κ3) is 4.42. The number of nitrogens with zero attached hydrogens (tertiary/aromatic N) is 2. The molecule has 3 aliphatic rings. The molecule has 1 spiro atoms. The van der Waals surface area contributed by atoms with Gasteiger partial charge in [0, 0.05) is 17.3 Å². The highest BCUT2D eigenvalue weighted by Gasteiger charge is 2.71. The number of thioether (sulfide) groups is 1. The van der Waals surface area contributed by atoms with E-state index in [1.54, 1.807) is 59.1 Å². The SMILES string of the molecule is CSCC[C@@H]1N[C@]2(C(=O)N(Cc3ccc(Cl)c(Cl)c3)c3ccccc32)[C@@H]2C(=O)N(c3cccc(C(F)(F)F)c3)C(=O)[C@@H]12. The first-order valence-electron chi connectivity index (χ1n) is 13.2. The van der Waals surface area contributed by atoms with Gasteiger partial charge in [-0.15, -0.1) is 0 Å². The standard InChI is InChI=1S/C30H24Cl2F3N3O3S/c1-42-12-11-22-24-25(27(40)38(26(24)39)18-6-4-5-17(14-18)30(33,34)35)29(36-22)19-7-2-3-8-23(19)37(28(29)41)15-16-9-10-20(31)21(32)13-16/h2-10,13-14,22,24-25,36H,11-12,15H2,1H3/t22-,24-,25-,29-/m0/s1. The van der Waals surface area contributed by atoms with Gasteiger partial charge in [0.2, 0.25) is 11.8 Å². The molecule has 0 aliphatic carbocycles. The Morgan fingerprint density at radius 3 is 2.43 bits per heavy atom. The third-order valence-corrected chi connectivity index (χ3v) is 9.64. The first kappa shape index (κ1) is 29.0. The number of rotatable bonds is 6. The summed E-state index contributed by atoms with van der Waals surface area (Å²) in [4.78, 5) is 45.1. The van der Waals surface area contributed by atoms with E-state index in [0.717, 1.165) is 17.0 Å². The Balaban J connectivity index is 1.46. The van der Waals surface area contributed by atoms with E-state index in [4.69, 9.17) is 23.2 Å². The molecule has 3 aliphatic heterocycles. The number of hydrogen-bond donors (Lipinski definition) is 1. The molecule has 0 unspecified atom stereocenters. The van der Waals surface area contributed by atoms with E-state index < -0.39 is 52.9 Å². The number of carbonyl (C=O) groups is 3. The molecule has 0 aromatic heterocycles. The number of fused-ring (bicyclic) bond motifs is 4. The Kier molecular flexibility index (Phi) is 7.32. The van der Waals surface area contributed by atoms with Gasteiger partial charge < -0.3 is 4.90 Å². The first-order chi connectivity index (χ1) is 20.0. The number of para-hydroxylation sites is 1. The summed E-state index contributed by atoms with van der Waals surface area (Å²) in [6.07, 6.45) is -2.28. The van der Waals surface area contributed by atoms with Crippen LogP contribution in [0.1, 0.15) is 23.1 Å². The summed E-state index contributed by atoms with van der Waals surface area (Å²) < 4.78 is 40.6. The van der Waals surface area contributed by atoms with Crippen molar-refractivity contribution in [1.82, 2.24) is 5.32 Å². The van der Waals surface area contributed by atoms with Gasteiger partial charge in [0.05, 0.1) is 39.7 Å². The minimum absolute atomic E-state index is 0.127. The average Bonchev–Trinajstić information content (AvgIpc) is 3.52. The molecule has 0 radical (unpaired) electrons. The predicted octanol–water partition coefficient (Wildman–Crippen LogP) is 6.29. The van der Waals surface area contributed by atoms with Gasteiger partial charge in [-0.3, -0.25) is 19.7 Å². The Morgan fingerprint density at radius 1 is 0.952 bits per heavy atom. The fourth-order valence-electron chi connectivity index (χ4n) is 6.49. The van der Waals surface area contributed by atoms with Crippen molar-refractivity contribution in [2.75, 3.05) is 21.8 Å². The zero-order chi connectivity index (χ0) is 30.0. The summed E-state index contributed by atoms with van der Waals surface area (Å²) in [6, 6.07) is 15.7. The van der Waals surface area contributed by atoms with Crippen LogP contribution in [0.5, 0.6) is 0 Å². The van der Waals surface area contributed by atoms with Gasteiger partial charge in [-0.25, -0.2) is 4.90 Å². The number of nitrogens with one attached hydrogen (secondary N) is 1. The van der Waals surface area contributed by atoms with Crippen LogP contribution >= 0.6 is 35.0 Å². The lowest BCUT2D eigenvalue weighted by Gasteiger charge is -2.31. The molecule has 42 heavy (non-hydrogen) atoms. The first-order valence-corrected chi connectivity index (χ1v) is 15.3. The second-order valence-electron chi connectivity index (χ2n) is 10.6. The van der Waals surface area contributed by atoms with Crippen LogP contribution in [-0.4, -0.2) is 35.8 Å². The van der Waals surface area contributed by atoms with Crippen LogP contribution in [0, 0.1) is 11.8 Å². The number of halogens is 5. The van der Waals surface area contributed by atoms with Gasteiger partial charge in [-0.05, 0) is 60.4 Å². The maximum atomic E-state index is 14.6. The average molecular weight is 635 g/mol. The highest BCUT2D eigenvalue weighted by Crippen LogP contribution is 2.56. The molecule has 218 valence electrons. The van der Waals surface area contributed by atoms with E-state index in [-0.39, 0.29) is 12.2 Å². The molecule has 1 N–H and O–H groups in total. The molecule has 2 saturated heterocycles. The number of amides is 3. The Bertz CT molecular complexity index is 1620. The molecule has 6 rings (SSSR count). The molecule has 3 aromatic rings. The smallest absolute Gasteiger partial charge is 0.306 e. The maximum absolute atomic E-state index is 14.6. The van der Waals surface area contributed by atoms with Gasteiger partial charge in [0.25, 0.3) is 5.91 Å². The lowest BCUT2D eigenvalue weighted by molar-refractivity contribution is -0.137. The van der Waals surface area contributed by atoms with Crippen molar-refractivity contribution in [1.29, 1.82) is 0 Å². The zero-order valence-corrected chi connectivity index (χ0v) is 24.4. The maximum Gasteiger partial charge on any atom is 0.416 e. The molecule has 3 amide bonds. The summed E-state index contributed by atoms with van der Waals surface area (Å²) in [5.74, 6) is -3.19. The van der Waals surface area contributed by atoms with Crippen molar-refractivity contribution in [2.24, 2.45) is 11.8 Å². The quantitative estimate of drug-likeness (QED) is 0.323. The van der Waals surface area contributed by atoms with Crippen molar-refractivity contribution >= 4 is 64.1 Å². The fourth-order valence-corrected chi connectivity index (χ4v) is 7.30. The predicted molar refractivity (Wildman–Crippen MR) is 157 cm³/mol. The van der Waals surface area contributed by atoms with Crippen molar-refractivity contribution in [3.8, 4) is 0 Å². The molecule has 4 atom stereocenters.